The number of ether oxygens (including phenoxy) is 4. The van der Waals surface area contributed by atoms with Crippen LogP contribution in [0.5, 0.6) is 0 Å². The maximum Gasteiger partial charge on any atom is 0.401 e. The van der Waals surface area contributed by atoms with Crippen molar-refractivity contribution in [2.24, 2.45) is 22.2 Å². The number of hydrogen-bond donors (Lipinski definition) is 1. The molecule has 0 saturated carbocycles. The number of carbonyl (C=O) groups excluding carboxylic acids is 3. The van der Waals surface area contributed by atoms with Crippen molar-refractivity contribution in [1.82, 2.24) is 0 Å². The predicted octanol–water partition coefficient (Wildman–Crippen LogP) is 10.0. The fourth-order valence-electron chi connectivity index (χ4n) is 5.75. The second-order valence-electron chi connectivity index (χ2n) is 14.5. The molecule has 0 spiro atoms. The van der Waals surface area contributed by atoms with Crippen LogP contribution in [0.3, 0.4) is 0 Å². The van der Waals surface area contributed by atoms with E-state index in [1.165, 1.54) is 13.8 Å². The molecule has 0 aliphatic carbocycles. The molecule has 57 heavy (non-hydrogen) atoms. The molecule has 0 aliphatic heterocycles. The van der Waals surface area contributed by atoms with Crippen molar-refractivity contribution in [3.8, 4) is 0 Å². The first-order chi connectivity index (χ1) is 25.9. The minimum Gasteiger partial charge on any atom is -0.465 e. The Morgan fingerprint density at radius 2 is 1.05 bits per heavy atom. The average molecular weight is 873 g/mol. The van der Waals surface area contributed by atoms with E-state index in [1.54, 1.807) is 6.92 Å². The third kappa shape index (κ3) is 15.1. The lowest BCUT2D eigenvalue weighted by Gasteiger charge is -2.41. The van der Waals surface area contributed by atoms with Crippen LogP contribution in [0.1, 0.15) is 99.3 Å². The Balaban J connectivity index is 0. The first-order valence-electron chi connectivity index (χ1n) is 17.6. The Labute approximate surface area is 320 Å². The van der Waals surface area contributed by atoms with Crippen LogP contribution >= 0.6 is 0 Å². The Kier molecular flexibility index (Phi) is 22.9. The van der Waals surface area contributed by atoms with Gasteiger partial charge in [0.1, 0.15) is 13.2 Å². The normalized spacial score (nSPS) is 15.8. The van der Waals surface area contributed by atoms with E-state index in [0.717, 1.165) is 46.0 Å². The molecule has 0 rings (SSSR count). The Morgan fingerprint density at radius 3 is 1.53 bits per heavy atom. The molecular weight excluding hydrogens is 821 g/mol. The molecule has 1 N–H and O–H groups in total. The molecule has 0 aromatic rings. The van der Waals surface area contributed by atoms with E-state index >= 15 is 0 Å². The smallest absolute Gasteiger partial charge is 0.401 e. The van der Waals surface area contributed by atoms with Gasteiger partial charge in [-0.05, 0) is 53.4 Å². The SMILES string of the molecule is CCCCCCCCOC(=O)C(C)(CC)CC(C)(CC(C)(C)C(=O)OCC(C(F)(F)F)C(F)(F)C(F)(F)C(F)(F)C(F)(F)C(F)F)C(=O)OCCOCCO.FF. The van der Waals surface area contributed by atoms with E-state index in [-0.39, 0.29) is 32.8 Å². The van der Waals surface area contributed by atoms with Crippen LogP contribution in [-0.2, 0) is 33.3 Å². The number of hydrogen-bond acceptors (Lipinski definition) is 8. The van der Waals surface area contributed by atoms with Crippen LogP contribution in [0.25, 0.3) is 0 Å². The van der Waals surface area contributed by atoms with Gasteiger partial charge in [0, 0.05) is 9.15 Å². The third-order valence-electron chi connectivity index (χ3n) is 9.08. The largest absolute Gasteiger partial charge is 0.465 e. The summed E-state index contributed by atoms with van der Waals surface area (Å²) in [6.07, 6.45) is -8.50. The zero-order valence-electron chi connectivity index (χ0n) is 32.2. The number of alkyl halides is 13. The van der Waals surface area contributed by atoms with Crippen molar-refractivity contribution >= 4 is 17.9 Å². The second-order valence-corrected chi connectivity index (χ2v) is 14.5. The number of esters is 3. The van der Waals surface area contributed by atoms with Crippen LogP contribution < -0.4 is 0 Å². The van der Waals surface area contributed by atoms with Crippen molar-refractivity contribution in [1.29, 1.82) is 0 Å². The van der Waals surface area contributed by atoms with E-state index < -0.39 is 102 Å². The number of halogens is 15. The molecule has 0 amide bonds. The molecule has 340 valence electrons. The van der Waals surface area contributed by atoms with Gasteiger partial charge in [-0.2, -0.15) is 48.3 Å². The van der Waals surface area contributed by atoms with Crippen molar-refractivity contribution < 1.29 is 105 Å². The molecule has 0 fully saturated rings. The molecule has 23 heteroatoms. The summed E-state index contributed by atoms with van der Waals surface area (Å²) < 4.78 is 214. The van der Waals surface area contributed by atoms with Crippen molar-refractivity contribution in [3.05, 3.63) is 0 Å². The Bertz CT molecular complexity index is 1220. The van der Waals surface area contributed by atoms with Crippen LogP contribution in [0.2, 0.25) is 0 Å². The summed E-state index contributed by atoms with van der Waals surface area (Å²) in [6, 6.07) is 0. The van der Waals surface area contributed by atoms with E-state index in [9.17, 15) is 71.5 Å². The maximum atomic E-state index is 14.6. The van der Waals surface area contributed by atoms with Gasteiger partial charge in [-0.25, -0.2) is 8.78 Å². The molecule has 0 aromatic heterocycles. The minimum absolute atomic E-state index is 0.0114. The van der Waals surface area contributed by atoms with Gasteiger partial charge in [0.25, 0.3) is 0 Å². The highest BCUT2D eigenvalue weighted by Gasteiger charge is 2.85. The fraction of sp³-hybridized carbons (Fsp3) is 0.912. The Hall–Kier alpha value is -2.72. The van der Waals surface area contributed by atoms with Gasteiger partial charge < -0.3 is 24.1 Å². The lowest BCUT2D eigenvalue weighted by Crippen LogP contribution is -2.67. The number of carbonyl (C=O) groups is 3. The molecule has 0 aliphatic rings. The van der Waals surface area contributed by atoms with Gasteiger partial charge in [0.15, 0.2) is 5.92 Å². The average Bonchev–Trinajstić information content (AvgIpc) is 3.10. The fourth-order valence-corrected chi connectivity index (χ4v) is 5.75. The molecule has 8 nitrogen and oxygen atoms in total. The lowest BCUT2D eigenvalue weighted by atomic mass is 9.65. The quantitative estimate of drug-likeness (QED) is 0.0376. The maximum absolute atomic E-state index is 14.6. The summed E-state index contributed by atoms with van der Waals surface area (Å²) in [5, 5.41) is 8.86. The number of unbranched alkanes of at least 4 members (excludes halogenated alkanes) is 5. The van der Waals surface area contributed by atoms with E-state index in [1.807, 2.05) is 6.92 Å². The van der Waals surface area contributed by atoms with Gasteiger partial charge in [0.2, 0.25) is 0 Å². The van der Waals surface area contributed by atoms with Gasteiger partial charge in [-0.1, -0.05) is 46.0 Å². The molecule has 0 radical (unpaired) electrons. The van der Waals surface area contributed by atoms with Gasteiger partial charge in [-0.15, -0.1) is 0 Å². The highest BCUT2D eigenvalue weighted by Crippen LogP contribution is 2.58. The summed E-state index contributed by atoms with van der Waals surface area (Å²) in [7, 11) is 0. The van der Waals surface area contributed by atoms with Crippen molar-refractivity contribution in [2.45, 2.75) is 136 Å². The lowest BCUT2D eigenvalue weighted by molar-refractivity contribution is -0.406. The second kappa shape index (κ2) is 23.2. The highest BCUT2D eigenvalue weighted by molar-refractivity contribution is 5.82. The summed E-state index contributed by atoms with van der Waals surface area (Å²) >= 11 is 0. The standard InChI is InChI=1S/C34H51F13O8.F2/c1-7-9-10-11-12-13-15-53-25(50)28(5,8-2)21-29(6,26(51)54-18-17-52-16-14-48)20-27(3,4)24(49)55-19-22(32(41,42)43)30(37,38)33(44,45)34(46,47)31(39,40)23(35)36;1-2/h22-23,48H,7-21H2,1-6H3;. The van der Waals surface area contributed by atoms with Gasteiger partial charge >= 0.3 is 54.2 Å². The summed E-state index contributed by atoms with van der Waals surface area (Å²) in [4.78, 5) is 39.9. The van der Waals surface area contributed by atoms with Gasteiger partial charge in [-0.3, -0.25) is 14.4 Å². The Morgan fingerprint density at radius 1 is 0.579 bits per heavy atom. The van der Waals surface area contributed by atoms with Crippen LogP contribution in [0, 0.1) is 22.2 Å². The number of aliphatic hydroxyl groups is 1. The molecule has 3 atom stereocenters. The molecular formula is C34H51F15O8. The first kappa shape index (κ1) is 56.4. The first-order valence-corrected chi connectivity index (χ1v) is 17.6. The molecule has 0 saturated heterocycles. The monoisotopic (exact) mass is 872 g/mol. The van der Waals surface area contributed by atoms with Gasteiger partial charge in [0.05, 0.1) is 42.7 Å². The van der Waals surface area contributed by atoms with E-state index in [4.69, 9.17) is 28.5 Å². The third-order valence-corrected chi connectivity index (χ3v) is 9.08. The summed E-state index contributed by atoms with van der Waals surface area (Å²) in [5.74, 6) is -39.0. The molecule has 0 aromatic carbocycles. The van der Waals surface area contributed by atoms with E-state index in [2.05, 4.69) is 4.74 Å². The molecule has 0 bridgehead atoms. The highest BCUT2D eigenvalue weighted by atomic mass is 20.0. The summed E-state index contributed by atoms with van der Waals surface area (Å²) in [5.41, 5.74) is -5.71. The van der Waals surface area contributed by atoms with Crippen LogP contribution in [0.15, 0.2) is 0 Å². The van der Waals surface area contributed by atoms with Crippen molar-refractivity contribution in [3.63, 3.8) is 0 Å². The van der Waals surface area contributed by atoms with E-state index in [0.29, 0.717) is 6.42 Å². The number of rotatable bonds is 27. The zero-order valence-corrected chi connectivity index (χ0v) is 32.2. The molecule has 0 heterocycles. The topological polar surface area (TPSA) is 108 Å². The van der Waals surface area contributed by atoms with Crippen LogP contribution in [-0.4, -0.2) is 98.9 Å². The predicted molar refractivity (Wildman–Crippen MR) is 171 cm³/mol. The zero-order chi connectivity index (χ0) is 45.3. The van der Waals surface area contributed by atoms with Crippen molar-refractivity contribution in [2.75, 3.05) is 39.6 Å². The molecule has 3 unspecified atom stereocenters. The van der Waals surface area contributed by atoms with Crippen LogP contribution in [0.4, 0.5) is 66.2 Å². The minimum atomic E-state index is -7.78. The summed E-state index contributed by atoms with van der Waals surface area (Å²) in [6.45, 7) is 3.85. The number of aliphatic hydroxyl groups excluding tert-OH is 1.